The Balaban J connectivity index is 1.99. The number of hydrogen-bond donors (Lipinski definition) is 3. The quantitative estimate of drug-likeness (QED) is 0.589. The molecule has 2 aromatic rings. The molecule has 3 rings (SSSR count). The summed E-state index contributed by atoms with van der Waals surface area (Å²) < 4.78 is 7.10. The fraction of sp³-hybridized carbons (Fsp3) is 0.556. The van der Waals surface area contributed by atoms with Gasteiger partial charge in [-0.15, -0.1) is 10.2 Å². The van der Waals surface area contributed by atoms with Gasteiger partial charge in [0.1, 0.15) is 6.23 Å². The van der Waals surface area contributed by atoms with Crippen molar-refractivity contribution in [3.63, 3.8) is 0 Å². The molecule has 9 nitrogen and oxygen atoms in total. The van der Waals surface area contributed by atoms with E-state index in [0.29, 0.717) is 11.2 Å². The van der Waals surface area contributed by atoms with Crippen LogP contribution < -0.4 is 5.73 Å². The standard InChI is InChI=1S/C9H12N6O3/c10-7-6-8(13-14-12-7)15(3-11-6)9-4(1-16)5(2-17)18-9/h3-5,9,16-17H,1-2H2,(H2,10,12,13). The van der Waals surface area contributed by atoms with Crippen LogP contribution in [0.4, 0.5) is 5.82 Å². The summed E-state index contributed by atoms with van der Waals surface area (Å²) in [6, 6.07) is 0. The molecule has 0 amide bonds. The van der Waals surface area contributed by atoms with Crippen LogP contribution in [0.15, 0.2) is 6.33 Å². The predicted octanol–water partition coefficient (Wildman–Crippen LogP) is -1.70. The number of aliphatic hydroxyl groups is 2. The van der Waals surface area contributed by atoms with Gasteiger partial charge in [-0.3, -0.25) is 4.57 Å². The molecule has 0 spiro atoms. The van der Waals surface area contributed by atoms with Crippen LogP contribution in [-0.4, -0.2) is 54.5 Å². The lowest BCUT2D eigenvalue weighted by molar-refractivity contribution is -0.243. The Bertz CT molecular complexity index is 572. The molecule has 1 aliphatic rings. The summed E-state index contributed by atoms with van der Waals surface area (Å²) in [5.74, 6) is -0.0130. The first-order valence-corrected chi connectivity index (χ1v) is 5.44. The van der Waals surface area contributed by atoms with Gasteiger partial charge in [-0.25, -0.2) is 4.98 Å². The van der Waals surface area contributed by atoms with Crippen molar-refractivity contribution in [3.05, 3.63) is 6.33 Å². The Morgan fingerprint density at radius 3 is 2.89 bits per heavy atom. The minimum absolute atomic E-state index is 0.0937. The van der Waals surface area contributed by atoms with Gasteiger partial charge in [0, 0.05) is 0 Å². The van der Waals surface area contributed by atoms with Gasteiger partial charge < -0.3 is 20.7 Å². The van der Waals surface area contributed by atoms with E-state index in [1.807, 2.05) is 0 Å². The molecular weight excluding hydrogens is 240 g/mol. The SMILES string of the molecule is Nc1nnnc2c1ncn2C1OC(CO)C1CO. The first-order chi connectivity index (χ1) is 8.76. The normalized spacial score (nSPS) is 27.3. The highest BCUT2D eigenvalue weighted by atomic mass is 16.5. The van der Waals surface area contributed by atoms with Gasteiger partial charge in [-0.05, 0) is 5.21 Å². The minimum Gasteiger partial charge on any atom is -0.396 e. The number of aromatic nitrogens is 5. The largest absolute Gasteiger partial charge is 0.396 e. The summed E-state index contributed by atoms with van der Waals surface area (Å²) in [4.78, 5) is 4.09. The summed E-state index contributed by atoms with van der Waals surface area (Å²) in [7, 11) is 0. The predicted molar refractivity (Wildman–Crippen MR) is 59.1 cm³/mol. The third-order valence-corrected chi connectivity index (χ3v) is 3.13. The van der Waals surface area contributed by atoms with E-state index in [9.17, 15) is 5.11 Å². The van der Waals surface area contributed by atoms with Gasteiger partial charge in [-0.2, -0.15) is 0 Å². The average Bonchev–Trinajstić information content (AvgIpc) is 2.75. The summed E-state index contributed by atoms with van der Waals surface area (Å²) in [5, 5.41) is 29.3. The number of ether oxygens (including phenoxy) is 1. The first kappa shape index (κ1) is 11.3. The van der Waals surface area contributed by atoms with Gasteiger partial charge in [-0.1, -0.05) is 0 Å². The van der Waals surface area contributed by atoms with E-state index in [-0.39, 0.29) is 31.1 Å². The third kappa shape index (κ3) is 1.45. The van der Waals surface area contributed by atoms with E-state index in [2.05, 4.69) is 20.4 Å². The summed E-state index contributed by atoms with van der Waals surface area (Å²) >= 11 is 0. The molecular formula is C9H12N6O3. The van der Waals surface area contributed by atoms with Gasteiger partial charge in [0.2, 0.25) is 0 Å². The maximum Gasteiger partial charge on any atom is 0.190 e. The maximum atomic E-state index is 9.29. The Kier molecular flexibility index (Phi) is 2.58. The molecule has 0 bridgehead atoms. The van der Waals surface area contributed by atoms with Crippen LogP contribution in [0, 0.1) is 5.92 Å². The van der Waals surface area contributed by atoms with Gasteiger partial charge in [0.15, 0.2) is 17.0 Å². The van der Waals surface area contributed by atoms with Gasteiger partial charge in [0.25, 0.3) is 0 Å². The van der Waals surface area contributed by atoms with Crippen LogP contribution in [0.2, 0.25) is 0 Å². The molecule has 1 aliphatic heterocycles. The van der Waals surface area contributed by atoms with Crippen LogP contribution in [0.5, 0.6) is 0 Å². The molecule has 3 heterocycles. The van der Waals surface area contributed by atoms with Gasteiger partial charge in [0.05, 0.1) is 31.6 Å². The van der Waals surface area contributed by atoms with E-state index in [1.165, 1.54) is 6.33 Å². The van der Waals surface area contributed by atoms with Crippen molar-refractivity contribution < 1.29 is 14.9 Å². The van der Waals surface area contributed by atoms with E-state index >= 15 is 0 Å². The number of imidazole rings is 1. The number of anilines is 1. The van der Waals surface area contributed by atoms with E-state index in [0.717, 1.165) is 0 Å². The average molecular weight is 252 g/mol. The Morgan fingerprint density at radius 1 is 1.33 bits per heavy atom. The zero-order chi connectivity index (χ0) is 12.7. The second-order valence-corrected chi connectivity index (χ2v) is 4.09. The van der Waals surface area contributed by atoms with Crippen molar-refractivity contribution in [2.24, 2.45) is 5.92 Å². The van der Waals surface area contributed by atoms with Crippen LogP contribution in [0.1, 0.15) is 6.23 Å². The second kappa shape index (κ2) is 4.12. The van der Waals surface area contributed by atoms with Crippen LogP contribution in [-0.2, 0) is 4.74 Å². The van der Waals surface area contributed by atoms with Crippen molar-refractivity contribution >= 4 is 17.0 Å². The molecule has 18 heavy (non-hydrogen) atoms. The summed E-state index contributed by atoms with van der Waals surface area (Å²) in [5.41, 5.74) is 6.52. The molecule has 4 N–H and O–H groups in total. The minimum atomic E-state index is -0.423. The van der Waals surface area contributed by atoms with Crippen molar-refractivity contribution in [3.8, 4) is 0 Å². The molecule has 1 saturated heterocycles. The highest BCUT2D eigenvalue weighted by Crippen LogP contribution is 2.38. The van der Waals surface area contributed by atoms with Crippen molar-refractivity contribution in [1.82, 2.24) is 25.0 Å². The zero-order valence-corrected chi connectivity index (χ0v) is 9.34. The molecule has 0 aliphatic carbocycles. The molecule has 0 aromatic carbocycles. The Morgan fingerprint density at radius 2 is 2.17 bits per heavy atom. The second-order valence-electron chi connectivity index (χ2n) is 4.09. The lowest BCUT2D eigenvalue weighted by atomic mass is 9.95. The number of fused-ring (bicyclic) bond motifs is 1. The number of nitrogens with two attached hydrogens (primary N) is 1. The molecule has 9 heteroatoms. The summed E-state index contributed by atoms with van der Waals surface area (Å²) in [6.45, 7) is -0.229. The van der Waals surface area contributed by atoms with Crippen molar-refractivity contribution in [2.45, 2.75) is 12.3 Å². The number of nitrogens with zero attached hydrogens (tertiary/aromatic N) is 5. The number of hydrogen-bond acceptors (Lipinski definition) is 8. The molecule has 1 fully saturated rings. The molecule has 2 aromatic heterocycles. The molecule has 0 radical (unpaired) electrons. The maximum absolute atomic E-state index is 9.29. The smallest absolute Gasteiger partial charge is 0.190 e. The fourth-order valence-electron chi connectivity index (χ4n) is 2.11. The zero-order valence-electron chi connectivity index (χ0n) is 9.34. The Labute approximate surface area is 101 Å². The van der Waals surface area contributed by atoms with Crippen LogP contribution >= 0.6 is 0 Å². The van der Waals surface area contributed by atoms with Crippen molar-refractivity contribution in [2.75, 3.05) is 18.9 Å². The number of rotatable bonds is 3. The van der Waals surface area contributed by atoms with Gasteiger partial charge >= 0.3 is 0 Å². The number of aliphatic hydroxyl groups excluding tert-OH is 2. The molecule has 3 unspecified atom stereocenters. The van der Waals surface area contributed by atoms with Crippen molar-refractivity contribution in [1.29, 1.82) is 0 Å². The highest BCUT2D eigenvalue weighted by Gasteiger charge is 2.43. The van der Waals surface area contributed by atoms with E-state index < -0.39 is 6.23 Å². The van der Waals surface area contributed by atoms with Crippen LogP contribution in [0.3, 0.4) is 0 Å². The van der Waals surface area contributed by atoms with Crippen LogP contribution in [0.25, 0.3) is 11.2 Å². The monoisotopic (exact) mass is 252 g/mol. The topological polar surface area (TPSA) is 132 Å². The lowest BCUT2D eigenvalue weighted by Crippen LogP contribution is -2.49. The third-order valence-electron chi connectivity index (χ3n) is 3.13. The Hall–Kier alpha value is -1.84. The molecule has 96 valence electrons. The lowest BCUT2D eigenvalue weighted by Gasteiger charge is -2.43. The fourth-order valence-corrected chi connectivity index (χ4v) is 2.11. The molecule has 0 saturated carbocycles. The van der Waals surface area contributed by atoms with E-state index in [1.54, 1.807) is 4.57 Å². The molecule has 3 atom stereocenters. The first-order valence-electron chi connectivity index (χ1n) is 5.44. The summed E-state index contributed by atoms with van der Waals surface area (Å²) in [6.07, 6.45) is 0.719. The van der Waals surface area contributed by atoms with E-state index in [4.69, 9.17) is 15.6 Å². The number of nitrogen functional groups attached to an aromatic ring is 1. The highest BCUT2D eigenvalue weighted by molar-refractivity contribution is 5.80.